The molecule has 0 bridgehead atoms. The molecule has 2 heterocycles. The second-order valence-electron chi connectivity index (χ2n) is 6.07. The molecule has 138 valence electrons. The highest BCUT2D eigenvalue weighted by atomic mass is 35.5. The molecule has 0 radical (unpaired) electrons. The summed E-state index contributed by atoms with van der Waals surface area (Å²) in [4.78, 5) is 16.5. The molecule has 0 aliphatic carbocycles. The monoisotopic (exact) mass is 383 g/mol. The van der Waals surface area contributed by atoms with Gasteiger partial charge in [0.1, 0.15) is 12.2 Å². The Bertz CT molecular complexity index is 1040. The van der Waals surface area contributed by atoms with Crippen molar-refractivity contribution in [1.82, 2.24) is 9.78 Å². The van der Waals surface area contributed by atoms with Gasteiger partial charge in [0, 0.05) is 28.2 Å². The van der Waals surface area contributed by atoms with Crippen molar-refractivity contribution in [1.29, 1.82) is 0 Å². The molecule has 0 saturated carbocycles. The van der Waals surface area contributed by atoms with Crippen LogP contribution in [-0.2, 0) is 18.4 Å². The molecule has 2 N–H and O–H groups in total. The molecule has 1 aliphatic heterocycles. The Morgan fingerprint density at radius 3 is 2.67 bits per heavy atom. The largest absolute Gasteiger partial charge is 0.870 e. The lowest BCUT2D eigenvalue weighted by atomic mass is 10.0. The highest BCUT2D eigenvalue weighted by Crippen LogP contribution is 2.24. The number of hydrogen-bond donors (Lipinski definition) is 1. The summed E-state index contributed by atoms with van der Waals surface area (Å²) in [6.07, 6.45) is 0. The van der Waals surface area contributed by atoms with Gasteiger partial charge in [0.05, 0.1) is 12.8 Å². The van der Waals surface area contributed by atoms with Crippen molar-refractivity contribution in [2.45, 2.75) is 13.5 Å². The standard InChI is InChI=1S/C19H16ClN5O.H2O/c1-12(26)22-19-23-24(2)17-11-21-18(13-6-4-3-5-7-13)15-10-14(20)8-9-16(15)25(17)19;/h3-10H,11H2,1-2H3;1H2. The molecular weight excluding hydrogens is 366 g/mol. The quantitative estimate of drug-likeness (QED) is 0.689. The summed E-state index contributed by atoms with van der Waals surface area (Å²) in [7, 11) is 1.84. The number of rotatable bonds is 2. The van der Waals surface area contributed by atoms with Gasteiger partial charge in [0.15, 0.2) is 0 Å². The van der Waals surface area contributed by atoms with E-state index in [2.05, 4.69) is 10.4 Å². The fourth-order valence-electron chi connectivity index (χ4n) is 3.15. The fourth-order valence-corrected chi connectivity index (χ4v) is 3.32. The molecule has 27 heavy (non-hydrogen) atoms. The summed E-state index contributed by atoms with van der Waals surface area (Å²) >= 11 is 6.28. The zero-order valence-corrected chi connectivity index (χ0v) is 15.6. The number of hydrogen-bond acceptors (Lipinski definition) is 4. The van der Waals surface area contributed by atoms with Crippen LogP contribution in [-0.4, -0.2) is 26.9 Å². The maximum Gasteiger partial charge on any atom is 0.389 e. The first-order chi connectivity index (χ1) is 12.5. The minimum Gasteiger partial charge on any atom is -0.870 e. The van der Waals surface area contributed by atoms with Gasteiger partial charge in [-0.05, 0) is 18.2 Å². The van der Waals surface area contributed by atoms with Gasteiger partial charge in [-0.15, -0.1) is 4.68 Å². The summed E-state index contributed by atoms with van der Waals surface area (Å²) in [5.74, 6) is 1.15. The number of halogens is 1. The second kappa shape index (κ2) is 7.30. The Kier molecular flexibility index (Phi) is 5.07. The zero-order valence-electron chi connectivity index (χ0n) is 14.8. The Morgan fingerprint density at radius 1 is 1.22 bits per heavy atom. The molecule has 4 rings (SSSR count). The topological polar surface area (TPSA) is 93.2 Å². The summed E-state index contributed by atoms with van der Waals surface area (Å²) in [6.45, 7) is 1.90. The number of aliphatic imine (C=N–C) groups is 1. The van der Waals surface area contributed by atoms with Crippen LogP contribution >= 0.6 is 11.6 Å². The van der Waals surface area contributed by atoms with Crippen molar-refractivity contribution in [3.63, 3.8) is 0 Å². The lowest BCUT2D eigenvalue weighted by Crippen LogP contribution is -2.38. The molecule has 3 aromatic rings. The van der Waals surface area contributed by atoms with Crippen molar-refractivity contribution >= 4 is 29.2 Å². The second-order valence-corrected chi connectivity index (χ2v) is 6.51. The van der Waals surface area contributed by atoms with Crippen LogP contribution in [0.2, 0.25) is 5.02 Å². The molecule has 0 unspecified atom stereocenters. The smallest absolute Gasteiger partial charge is 0.389 e. The normalized spacial score (nSPS) is 12.2. The molecule has 8 heteroatoms. The average Bonchev–Trinajstić information content (AvgIpc) is 2.81. The Balaban J connectivity index is 0.00000210. The van der Waals surface area contributed by atoms with Crippen molar-refractivity contribution < 1.29 is 14.8 Å². The predicted molar refractivity (Wildman–Crippen MR) is 102 cm³/mol. The number of nitrogens with zero attached hydrogens (tertiary/aromatic N) is 4. The summed E-state index contributed by atoms with van der Waals surface area (Å²) < 4.78 is 3.66. The molecule has 1 amide bonds. The summed E-state index contributed by atoms with van der Waals surface area (Å²) in [5, 5.41) is 7.86. The average molecular weight is 384 g/mol. The maximum absolute atomic E-state index is 11.6. The molecular formula is C19H18ClN5O2. The van der Waals surface area contributed by atoms with E-state index >= 15 is 0 Å². The van der Waals surface area contributed by atoms with Crippen LogP contribution in [0.1, 0.15) is 23.9 Å². The molecule has 7 nitrogen and oxygen atoms in total. The lowest BCUT2D eigenvalue weighted by molar-refractivity contribution is -0.590. The van der Waals surface area contributed by atoms with Crippen LogP contribution < -0.4 is 9.88 Å². The highest BCUT2D eigenvalue weighted by Gasteiger charge is 2.30. The van der Waals surface area contributed by atoms with Crippen LogP contribution in [0.5, 0.6) is 0 Å². The number of nitrogens with one attached hydrogen (secondary N) is 1. The van der Waals surface area contributed by atoms with E-state index in [4.69, 9.17) is 16.6 Å². The van der Waals surface area contributed by atoms with E-state index < -0.39 is 0 Å². The summed E-state index contributed by atoms with van der Waals surface area (Å²) in [6, 6.07) is 15.6. The predicted octanol–water partition coefficient (Wildman–Crippen LogP) is 2.48. The SMILES string of the molecule is CC(=O)Nc1nn(C)c2[n+]1-c1ccc(Cl)cc1C(c1ccccc1)=NC2.[OH-]. The van der Waals surface area contributed by atoms with Crippen LogP contribution in [0.4, 0.5) is 5.95 Å². The molecule has 2 aromatic carbocycles. The molecule has 0 fully saturated rings. The lowest BCUT2D eigenvalue weighted by Gasteiger charge is -2.10. The number of carbonyl (C=O) groups excluding carboxylic acids is 1. The number of aromatic nitrogens is 3. The van der Waals surface area contributed by atoms with Gasteiger partial charge in [-0.3, -0.25) is 9.79 Å². The number of fused-ring (bicyclic) bond motifs is 3. The molecule has 0 atom stereocenters. The van der Waals surface area contributed by atoms with E-state index in [1.807, 2.05) is 60.1 Å². The number of aryl methyl sites for hydroxylation is 1. The van der Waals surface area contributed by atoms with Gasteiger partial charge < -0.3 is 5.48 Å². The van der Waals surface area contributed by atoms with Gasteiger partial charge in [-0.2, -0.15) is 4.57 Å². The van der Waals surface area contributed by atoms with E-state index in [1.54, 1.807) is 4.68 Å². The van der Waals surface area contributed by atoms with Crippen molar-refractivity contribution in [3.8, 4) is 5.69 Å². The fraction of sp³-hybridized carbons (Fsp3) is 0.158. The van der Waals surface area contributed by atoms with Gasteiger partial charge >= 0.3 is 5.95 Å². The van der Waals surface area contributed by atoms with E-state index in [0.29, 0.717) is 17.5 Å². The van der Waals surface area contributed by atoms with E-state index in [0.717, 1.165) is 28.4 Å². The number of benzene rings is 2. The Labute approximate surface area is 161 Å². The Hall–Kier alpha value is -3.03. The first kappa shape index (κ1) is 18.8. The van der Waals surface area contributed by atoms with Crippen LogP contribution in [0.25, 0.3) is 5.69 Å². The zero-order chi connectivity index (χ0) is 18.3. The van der Waals surface area contributed by atoms with Gasteiger partial charge in [-0.1, -0.05) is 41.9 Å². The van der Waals surface area contributed by atoms with E-state index in [1.165, 1.54) is 6.92 Å². The first-order valence-corrected chi connectivity index (χ1v) is 8.58. The van der Waals surface area contributed by atoms with Crippen LogP contribution in [0.3, 0.4) is 0 Å². The number of amides is 1. The third kappa shape index (κ3) is 3.34. The molecule has 1 aliphatic rings. The third-order valence-corrected chi connectivity index (χ3v) is 4.49. The van der Waals surface area contributed by atoms with Gasteiger partial charge in [0.2, 0.25) is 5.82 Å². The molecule has 0 saturated heterocycles. The van der Waals surface area contributed by atoms with E-state index in [9.17, 15) is 4.79 Å². The van der Waals surface area contributed by atoms with Crippen LogP contribution in [0, 0.1) is 0 Å². The van der Waals surface area contributed by atoms with Gasteiger partial charge in [0.25, 0.3) is 5.91 Å². The third-order valence-electron chi connectivity index (χ3n) is 4.26. The first-order valence-electron chi connectivity index (χ1n) is 8.20. The number of carbonyl (C=O) groups is 1. The highest BCUT2D eigenvalue weighted by molar-refractivity contribution is 6.31. The number of anilines is 1. The summed E-state index contributed by atoms with van der Waals surface area (Å²) in [5.41, 5.74) is 3.65. The maximum atomic E-state index is 11.6. The van der Waals surface area contributed by atoms with Crippen molar-refractivity contribution in [2.24, 2.45) is 12.0 Å². The van der Waals surface area contributed by atoms with E-state index in [-0.39, 0.29) is 11.4 Å². The molecule has 1 aromatic heterocycles. The van der Waals surface area contributed by atoms with Crippen molar-refractivity contribution in [2.75, 3.05) is 5.32 Å². The Morgan fingerprint density at radius 2 is 1.96 bits per heavy atom. The van der Waals surface area contributed by atoms with Crippen LogP contribution in [0.15, 0.2) is 53.5 Å². The van der Waals surface area contributed by atoms with Crippen molar-refractivity contribution in [3.05, 3.63) is 70.5 Å². The van der Waals surface area contributed by atoms with Gasteiger partial charge in [-0.25, -0.2) is 5.32 Å². The minimum absolute atomic E-state index is 0. The minimum atomic E-state index is -0.178. The molecule has 0 spiro atoms.